The number of rotatable bonds is 4. The van der Waals surface area contributed by atoms with Crippen molar-refractivity contribution in [2.75, 3.05) is 13.1 Å². The van der Waals surface area contributed by atoms with Crippen LogP contribution >= 0.6 is 0 Å². The lowest BCUT2D eigenvalue weighted by atomic mass is 9.97. The van der Waals surface area contributed by atoms with Crippen molar-refractivity contribution in [2.24, 2.45) is 7.05 Å². The first kappa shape index (κ1) is 17.2. The van der Waals surface area contributed by atoms with Gasteiger partial charge in [-0.05, 0) is 50.4 Å². The lowest BCUT2D eigenvalue weighted by Gasteiger charge is -2.31. The molecule has 1 fully saturated rings. The third kappa shape index (κ3) is 3.01. The predicted molar refractivity (Wildman–Crippen MR) is 99.7 cm³/mol. The van der Waals surface area contributed by atoms with Crippen LogP contribution in [0.3, 0.4) is 0 Å². The van der Waals surface area contributed by atoms with E-state index in [4.69, 9.17) is 4.98 Å². The molecule has 0 spiro atoms. The summed E-state index contributed by atoms with van der Waals surface area (Å²) in [4.78, 5) is 10.7. The number of likely N-dealkylation sites (tertiary alicyclic amines) is 1. The first-order valence-electron chi connectivity index (χ1n) is 9.23. The number of fused-ring (bicyclic) bond motifs is 1. The highest BCUT2D eigenvalue weighted by molar-refractivity contribution is 5.79. The highest BCUT2D eigenvalue weighted by Crippen LogP contribution is 2.27. The second kappa shape index (κ2) is 6.81. The van der Waals surface area contributed by atoms with Crippen molar-refractivity contribution in [2.45, 2.75) is 45.8 Å². The Balaban J connectivity index is 1.51. The molecule has 2 aromatic heterocycles. The van der Waals surface area contributed by atoms with Crippen LogP contribution < -0.4 is 0 Å². The SMILES string of the molecule is Cc1ccc2[nH]c(CN3CCCC(c4nnc(CO)n4C)C3)nc2c1C. The van der Waals surface area contributed by atoms with Crippen LogP contribution in [0.25, 0.3) is 11.0 Å². The number of hydrogen-bond acceptors (Lipinski definition) is 5. The molecular weight excluding hydrogens is 328 g/mol. The Morgan fingerprint density at radius 1 is 1.27 bits per heavy atom. The molecule has 1 aliphatic rings. The molecule has 0 bridgehead atoms. The average Bonchev–Trinajstić information content (AvgIpc) is 3.22. The Labute approximate surface area is 153 Å². The Kier molecular flexibility index (Phi) is 4.50. The molecule has 7 nitrogen and oxygen atoms in total. The lowest BCUT2D eigenvalue weighted by Crippen LogP contribution is -2.35. The summed E-state index contributed by atoms with van der Waals surface area (Å²) < 4.78 is 1.93. The van der Waals surface area contributed by atoms with E-state index in [9.17, 15) is 5.11 Å². The van der Waals surface area contributed by atoms with E-state index in [0.717, 1.165) is 55.2 Å². The number of aliphatic hydroxyl groups excluding tert-OH is 1. The fourth-order valence-corrected chi connectivity index (χ4v) is 3.93. The topological polar surface area (TPSA) is 82.9 Å². The zero-order chi connectivity index (χ0) is 18.3. The van der Waals surface area contributed by atoms with E-state index in [0.29, 0.717) is 11.7 Å². The van der Waals surface area contributed by atoms with Crippen LogP contribution in [-0.2, 0) is 20.2 Å². The normalized spacial score (nSPS) is 18.7. The molecule has 3 heterocycles. The van der Waals surface area contributed by atoms with Crippen LogP contribution in [0.2, 0.25) is 0 Å². The minimum atomic E-state index is -0.0717. The average molecular weight is 354 g/mol. The fourth-order valence-electron chi connectivity index (χ4n) is 3.93. The summed E-state index contributed by atoms with van der Waals surface area (Å²) in [5.74, 6) is 2.95. The van der Waals surface area contributed by atoms with Gasteiger partial charge in [-0.15, -0.1) is 10.2 Å². The molecule has 0 aliphatic carbocycles. The van der Waals surface area contributed by atoms with E-state index in [-0.39, 0.29) is 6.61 Å². The summed E-state index contributed by atoms with van der Waals surface area (Å²) in [5, 5.41) is 17.7. The van der Waals surface area contributed by atoms with Crippen molar-refractivity contribution in [1.82, 2.24) is 29.6 Å². The van der Waals surface area contributed by atoms with Gasteiger partial charge in [0.2, 0.25) is 0 Å². The summed E-state index contributed by atoms with van der Waals surface area (Å²) in [5.41, 5.74) is 4.71. The molecule has 26 heavy (non-hydrogen) atoms. The van der Waals surface area contributed by atoms with Gasteiger partial charge < -0.3 is 14.7 Å². The summed E-state index contributed by atoms with van der Waals surface area (Å²) in [6.45, 7) is 7.00. The molecule has 4 rings (SSSR count). The van der Waals surface area contributed by atoms with Gasteiger partial charge in [0.15, 0.2) is 5.82 Å². The summed E-state index contributed by atoms with van der Waals surface area (Å²) in [6, 6.07) is 4.26. The van der Waals surface area contributed by atoms with Crippen molar-refractivity contribution in [3.8, 4) is 0 Å². The second-order valence-electron chi connectivity index (χ2n) is 7.35. The fraction of sp³-hybridized carbons (Fsp3) is 0.526. The van der Waals surface area contributed by atoms with Crippen molar-refractivity contribution < 1.29 is 5.11 Å². The number of benzene rings is 1. The first-order valence-corrected chi connectivity index (χ1v) is 9.23. The van der Waals surface area contributed by atoms with Crippen molar-refractivity contribution in [3.63, 3.8) is 0 Å². The molecule has 1 unspecified atom stereocenters. The van der Waals surface area contributed by atoms with Gasteiger partial charge in [-0.1, -0.05) is 6.07 Å². The molecule has 3 aromatic rings. The maximum atomic E-state index is 9.34. The molecule has 0 saturated carbocycles. The van der Waals surface area contributed by atoms with E-state index in [1.54, 1.807) is 0 Å². The van der Waals surface area contributed by atoms with Gasteiger partial charge in [-0.3, -0.25) is 4.90 Å². The second-order valence-corrected chi connectivity index (χ2v) is 7.35. The van der Waals surface area contributed by atoms with Crippen LogP contribution in [0.5, 0.6) is 0 Å². The van der Waals surface area contributed by atoms with Crippen LogP contribution in [0, 0.1) is 13.8 Å². The molecule has 0 amide bonds. The molecule has 2 N–H and O–H groups in total. The van der Waals surface area contributed by atoms with Gasteiger partial charge in [-0.2, -0.15) is 0 Å². The summed E-state index contributed by atoms with van der Waals surface area (Å²) >= 11 is 0. The van der Waals surface area contributed by atoms with Gasteiger partial charge in [0, 0.05) is 19.5 Å². The Bertz CT molecular complexity index is 928. The molecule has 1 atom stereocenters. The van der Waals surface area contributed by atoms with E-state index in [1.807, 2.05) is 11.6 Å². The molecule has 7 heteroatoms. The third-order valence-corrected chi connectivity index (χ3v) is 5.61. The molecule has 1 aliphatic heterocycles. The standard InChI is InChI=1S/C19H26N6O/c1-12-6-7-15-18(13(12)2)21-16(20-15)10-25-8-4-5-14(9-25)19-23-22-17(11-26)24(19)3/h6-7,14,26H,4-5,8-11H2,1-3H3,(H,20,21). The summed E-state index contributed by atoms with van der Waals surface area (Å²) in [6.07, 6.45) is 2.23. The first-order chi connectivity index (χ1) is 12.6. The van der Waals surface area contributed by atoms with Gasteiger partial charge in [0.05, 0.1) is 17.6 Å². The number of aromatic amines is 1. The Morgan fingerprint density at radius 2 is 2.12 bits per heavy atom. The highest BCUT2D eigenvalue weighted by Gasteiger charge is 2.26. The molecule has 0 radical (unpaired) electrons. The van der Waals surface area contributed by atoms with Crippen molar-refractivity contribution in [1.29, 1.82) is 0 Å². The van der Waals surface area contributed by atoms with Crippen LogP contribution in [0.1, 0.15) is 47.4 Å². The third-order valence-electron chi connectivity index (χ3n) is 5.61. The van der Waals surface area contributed by atoms with Gasteiger partial charge >= 0.3 is 0 Å². The van der Waals surface area contributed by atoms with Crippen LogP contribution in [-0.4, -0.2) is 47.8 Å². The minimum Gasteiger partial charge on any atom is -0.388 e. The van der Waals surface area contributed by atoms with E-state index >= 15 is 0 Å². The highest BCUT2D eigenvalue weighted by atomic mass is 16.3. The quantitative estimate of drug-likeness (QED) is 0.750. The predicted octanol–water partition coefficient (Wildman–Crippen LogP) is 2.18. The van der Waals surface area contributed by atoms with Gasteiger partial charge in [0.25, 0.3) is 0 Å². The number of piperidine rings is 1. The van der Waals surface area contributed by atoms with E-state index < -0.39 is 0 Å². The van der Waals surface area contributed by atoms with Crippen LogP contribution in [0.15, 0.2) is 12.1 Å². The Hall–Kier alpha value is -2.25. The number of aliphatic hydroxyl groups is 1. The maximum absolute atomic E-state index is 9.34. The number of nitrogens with zero attached hydrogens (tertiary/aromatic N) is 5. The Morgan fingerprint density at radius 3 is 2.88 bits per heavy atom. The van der Waals surface area contributed by atoms with Crippen LogP contribution in [0.4, 0.5) is 0 Å². The van der Waals surface area contributed by atoms with E-state index in [2.05, 4.69) is 46.1 Å². The smallest absolute Gasteiger partial charge is 0.158 e. The summed E-state index contributed by atoms with van der Waals surface area (Å²) in [7, 11) is 1.93. The maximum Gasteiger partial charge on any atom is 0.158 e. The van der Waals surface area contributed by atoms with Crippen molar-refractivity contribution >= 4 is 11.0 Å². The number of aryl methyl sites for hydroxylation is 2. The van der Waals surface area contributed by atoms with E-state index in [1.165, 1.54) is 11.1 Å². The number of aromatic nitrogens is 5. The largest absolute Gasteiger partial charge is 0.388 e. The number of H-pyrrole nitrogens is 1. The lowest BCUT2D eigenvalue weighted by molar-refractivity contribution is 0.191. The van der Waals surface area contributed by atoms with Crippen molar-refractivity contribution in [3.05, 3.63) is 40.7 Å². The molecule has 138 valence electrons. The monoisotopic (exact) mass is 354 g/mol. The zero-order valence-corrected chi connectivity index (χ0v) is 15.7. The minimum absolute atomic E-state index is 0.0717. The number of hydrogen-bond donors (Lipinski definition) is 2. The number of nitrogens with one attached hydrogen (secondary N) is 1. The van der Waals surface area contributed by atoms with Gasteiger partial charge in [0.1, 0.15) is 18.3 Å². The molecule has 1 saturated heterocycles. The van der Waals surface area contributed by atoms with Gasteiger partial charge in [-0.25, -0.2) is 4.98 Å². The number of imidazole rings is 1. The zero-order valence-electron chi connectivity index (χ0n) is 15.7. The molecule has 1 aromatic carbocycles. The molecular formula is C19H26N6O.